The molecule has 3 nitrogen and oxygen atoms in total. The minimum absolute atomic E-state index is 0.280. The Hall–Kier alpha value is -2.10. The molecular formula is C18H21FN2O. The van der Waals surface area contributed by atoms with Crippen LogP contribution in [0.5, 0.6) is 5.75 Å². The fourth-order valence-electron chi connectivity index (χ4n) is 2.94. The first-order chi connectivity index (χ1) is 10.4. The Morgan fingerprint density at radius 2 is 2.05 bits per heavy atom. The summed E-state index contributed by atoms with van der Waals surface area (Å²) in [6.07, 6.45) is 2.50. The van der Waals surface area contributed by atoms with Gasteiger partial charge in [0.05, 0.1) is 11.3 Å². The first-order valence-electron chi connectivity index (χ1n) is 7.67. The van der Waals surface area contributed by atoms with Crippen molar-refractivity contribution in [3.8, 4) is 16.9 Å². The van der Waals surface area contributed by atoms with Crippen molar-refractivity contribution in [1.29, 1.82) is 0 Å². The number of aryl methyl sites for hydroxylation is 2. The lowest BCUT2D eigenvalue weighted by Crippen LogP contribution is -2.33. The molecule has 0 aliphatic carbocycles. The molecule has 1 aliphatic heterocycles. The highest BCUT2D eigenvalue weighted by Crippen LogP contribution is 2.43. The van der Waals surface area contributed by atoms with Crippen LogP contribution in [-0.2, 0) is 12.8 Å². The zero-order chi connectivity index (χ0) is 15.9. The Morgan fingerprint density at radius 3 is 2.77 bits per heavy atom. The summed E-state index contributed by atoms with van der Waals surface area (Å²) in [6.45, 7) is 6.06. The third-order valence-electron chi connectivity index (χ3n) is 4.16. The average molecular weight is 300 g/mol. The van der Waals surface area contributed by atoms with Crippen LogP contribution in [-0.4, -0.2) is 10.6 Å². The number of hydrogen-bond acceptors (Lipinski definition) is 3. The molecule has 116 valence electrons. The fraction of sp³-hybridized carbons (Fsp3) is 0.389. The van der Waals surface area contributed by atoms with E-state index in [1.54, 1.807) is 6.07 Å². The van der Waals surface area contributed by atoms with Crippen LogP contribution in [0, 0.1) is 5.82 Å². The molecule has 0 spiro atoms. The van der Waals surface area contributed by atoms with Crippen LogP contribution in [0.25, 0.3) is 11.1 Å². The van der Waals surface area contributed by atoms with Crippen LogP contribution in [0.1, 0.15) is 38.4 Å². The second-order valence-corrected chi connectivity index (χ2v) is 6.36. The van der Waals surface area contributed by atoms with Gasteiger partial charge in [-0.15, -0.1) is 0 Å². The van der Waals surface area contributed by atoms with E-state index in [4.69, 9.17) is 10.5 Å². The van der Waals surface area contributed by atoms with Gasteiger partial charge >= 0.3 is 0 Å². The summed E-state index contributed by atoms with van der Waals surface area (Å²) in [5.74, 6) is 0.822. The molecule has 0 saturated carbocycles. The standard InChI is InChI=1S/C18H21FN2O/c1-4-14-12(6-8-15(20)21-14)16-13(19)7-5-11-9-10-18(2,3)22-17(11)16/h5-8H,4,9-10H2,1-3H3,(H2,20,21). The van der Waals surface area contributed by atoms with Gasteiger partial charge < -0.3 is 10.5 Å². The molecule has 1 aliphatic rings. The van der Waals surface area contributed by atoms with Crippen LogP contribution in [0.3, 0.4) is 0 Å². The number of ether oxygens (including phenoxy) is 1. The van der Waals surface area contributed by atoms with E-state index in [9.17, 15) is 4.39 Å². The molecular weight excluding hydrogens is 279 g/mol. The number of nitrogens with zero attached hydrogens (tertiary/aromatic N) is 1. The zero-order valence-corrected chi connectivity index (χ0v) is 13.2. The summed E-state index contributed by atoms with van der Waals surface area (Å²) in [5.41, 5.74) is 8.59. The summed E-state index contributed by atoms with van der Waals surface area (Å²) in [6, 6.07) is 6.89. The predicted octanol–water partition coefficient (Wildman–Crippen LogP) is 4.14. The van der Waals surface area contributed by atoms with Gasteiger partial charge in [0.1, 0.15) is 23.0 Å². The number of pyridine rings is 1. The minimum atomic E-state index is -0.289. The highest BCUT2D eigenvalue weighted by atomic mass is 19.1. The third-order valence-corrected chi connectivity index (χ3v) is 4.16. The van der Waals surface area contributed by atoms with Gasteiger partial charge in [-0.2, -0.15) is 0 Å². The Bertz CT molecular complexity index is 725. The molecule has 4 heteroatoms. The first-order valence-corrected chi connectivity index (χ1v) is 7.67. The van der Waals surface area contributed by atoms with Gasteiger partial charge in [0.2, 0.25) is 0 Å². The van der Waals surface area contributed by atoms with Crippen LogP contribution in [0.2, 0.25) is 0 Å². The van der Waals surface area contributed by atoms with Crippen molar-refractivity contribution in [3.63, 3.8) is 0 Å². The monoisotopic (exact) mass is 300 g/mol. The van der Waals surface area contributed by atoms with Gasteiger partial charge in [0.25, 0.3) is 0 Å². The van der Waals surface area contributed by atoms with E-state index in [0.717, 1.165) is 29.7 Å². The Labute approximate surface area is 130 Å². The maximum absolute atomic E-state index is 14.6. The molecule has 0 radical (unpaired) electrons. The quantitative estimate of drug-likeness (QED) is 0.907. The molecule has 0 saturated heterocycles. The number of aromatic nitrogens is 1. The second kappa shape index (κ2) is 5.27. The van der Waals surface area contributed by atoms with Crippen LogP contribution >= 0.6 is 0 Å². The molecule has 0 unspecified atom stereocenters. The summed E-state index contributed by atoms with van der Waals surface area (Å²) in [4.78, 5) is 4.35. The SMILES string of the molecule is CCc1nc(N)ccc1-c1c(F)ccc2c1OC(C)(C)CC2. The van der Waals surface area contributed by atoms with E-state index in [1.165, 1.54) is 6.07 Å². The molecule has 2 aromatic rings. The molecule has 0 bridgehead atoms. The lowest BCUT2D eigenvalue weighted by molar-refractivity contribution is 0.0850. The topological polar surface area (TPSA) is 48.1 Å². The molecule has 1 aromatic carbocycles. The van der Waals surface area contributed by atoms with Crippen molar-refractivity contribution >= 4 is 5.82 Å². The zero-order valence-electron chi connectivity index (χ0n) is 13.2. The molecule has 2 N–H and O–H groups in total. The van der Waals surface area contributed by atoms with Crippen LogP contribution in [0.15, 0.2) is 24.3 Å². The highest BCUT2D eigenvalue weighted by Gasteiger charge is 2.30. The van der Waals surface area contributed by atoms with Gasteiger partial charge in [-0.05, 0) is 56.9 Å². The summed E-state index contributed by atoms with van der Waals surface area (Å²) in [7, 11) is 0. The summed E-state index contributed by atoms with van der Waals surface area (Å²) < 4.78 is 20.7. The number of halogens is 1. The van der Waals surface area contributed by atoms with E-state index in [0.29, 0.717) is 23.6 Å². The number of rotatable bonds is 2. The van der Waals surface area contributed by atoms with E-state index in [2.05, 4.69) is 4.98 Å². The van der Waals surface area contributed by atoms with Crippen LogP contribution < -0.4 is 10.5 Å². The van der Waals surface area contributed by atoms with Crippen molar-refractivity contribution in [2.45, 2.75) is 45.6 Å². The maximum atomic E-state index is 14.6. The minimum Gasteiger partial charge on any atom is -0.487 e. The van der Waals surface area contributed by atoms with E-state index < -0.39 is 0 Å². The molecule has 22 heavy (non-hydrogen) atoms. The number of nitrogens with two attached hydrogens (primary N) is 1. The van der Waals surface area contributed by atoms with Crippen molar-refractivity contribution in [1.82, 2.24) is 4.98 Å². The maximum Gasteiger partial charge on any atom is 0.134 e. The molecule has 1 aromatic heterocycles. The van der Waals surface area contributed by atoms with Gasteiger partial charge in [-0.25, -0.2) is 9.37 Å². The molecule has 2 heterocycles. The highest BCUT2D eigenvalue weighted by molar-refractivity contribution is 5.75. The Kier molecular flexibility index (Phi) is 3.55. The first kappa shape index (κ1) is 14.8. The van der Waals surface area contributed by atoms with Gasteiger partial charge in [0.15, 0.2) is 0 Å². The third kappa shape index (κ3) is 2.54. The largest absolute Gasteiger partial charge is 0.487 e. The lowest BCUT2D eigenvalue weighted by atomic mass is 9.90. The number of nitrogen functional groups attached to an aromatic ring is 1. The van der Waals surface area contributed by atoms with Crippen LogP contribution in [0.4, 0.5) is 10.2 Å². The number of hydrogen-bond donors (Lipinski definition) is 1. The molecule has 0 amide bonds. The van der Waals surface area contributed by atoms with Crippen molar-refractivity contribution in [2.75, 3.05) is 5.73 Å². The lowest BCUT2D eigenvalue weighted by Gasteiger charge is -2.34. The van der Waals surface area contributed by atoms with E-state index in [-0.39, 0.29) is 11.4 Å². The van der Waals surface area contributed by atoms with Crippen molar-refractivity contribution < 1.29 is 9.13 Å². The van der Waals surface area contributed by atoms with E-state index in [1.807, 2.05) is 32.9 Å². The van der Waals surface area contributed by atoms with E-state index >= 15 is 0 Å². The molecule has 3 rings (SSSR count). The predicted molar refractivity (Wildman–Crippen MR) is 86.4 cm³/mol. The molecule has 0 atom stereocenters. The van der Waals surface area contributed by atoms with Gasteiger partial charge in [-0.1, -0.05) is 13.0 Å². The van der Waals surface area contributed by atoms with Crippen molar-refractivity contribution in [2.24, 2.45) is 0 Å². The average Bonchev–Trinajstić information content (AvgIpc) is 2.47. The van der Waals surface area contributed by atoms with Gasteiger partial charge in [-0.3, -0.25) is 0 Å². The number of anilines is 1. The fourth-order valence-corrected chi connectivity index (χ4v) is 2.94. The summed E-state index contributed by atoms with van der Waals surface area (Å²) in [5, 5.41) is 0. The summed E-state index contributed by atoms with van der Waals surface area (Å²) >= 11 is 0. The normalized spacial score (nSPS) is 16.0. The van der Waals surface area contributed by atoms with Crippen molar-refractivity contribution in [3.05, 3.63) is 41.3 Å². The molecule has 0 fully saturated rings. The second-order valence-electron chi connectivity index (χ2n) is 6.36. The Morgan fingerprint density at radius 1 is 1.27 bits per heavy atom. The van der Waals surface area contributed by atoms with Gasteiger partial charge in [0, 0.05) is 5.56 Å². The Balaban J connectivity index is 2.24. The number of fused-ring (bicyclic) bond motifs is 1. The number of benzene rings is 1. The smallest absolute Gasteiger partial charge is 0.134 e.